The van der Waals surface area contributed by atoms with Gasteiger partial charge in [0.25, 0.3) is 0 Å². The maximum atomic E-state index is 12.4. The van der Waals surface area contributed by atoms with E-state index in [1.165, 1.54) is 0 Å². The number of carbonyl (C=O) groups is 5. The highest BCUT2D eigenvalue weighted by Gasteiger charge is 2.24. The minimum atomic E-state index is -1.24. The number of aliphatic carboxylic acids is 1. The molecule has 0 heterocycles. The number of rotatable bonds is 12. The first-order valence-corrected chi connectivity index (χ1v) is 10.2. The molecule has 0 aromatic heterocycles. The van der Waals surface area contributed by atoms with Crippen molar-refractivity contribution in [3.63, 3.8) is 0 Å². The van der Waals surface area contributed by atoms with Crippen molar-refractivity contribution >= 4 is 40.6 Å². The van der Waals surface area contributed by atoms with Crippen LogP contribution in [0, 0.1) is 0 Å². The summed E-state index contributed by atoms with van der Waals surface area (Å²) in [6.07, 6.45) is -0.332. The van der Waals surface area contributed by atoms with E-state index in [1.54, 1.807) is 37.3 Å². The number of ether oxygens (including phenoxy) is 1. The van der Waals surface area contributed by atoms with Gasteiger partial charge in [-0.1, -0.05) is 42.1 Å². The second kappa shape index (κ2) is 13.3. The van der Waals surface area contributed by atoms with E-state index in [-0.39, 0.29) is 36.9 Å². The third-order valence-corrected chi connectivity index (χ3v) is 4.75. The standard InChI is InChI=1S/C19H25N3O7S/c1-2-29-16(24)10-21-17(25)14(22-15(23)9-8-13(20)18(26)27)11-30-19(28)12-6-4-3-5-7-12/h3-7,13-14H,2,8-11,20H2,1H3,(H,21,25)(H,22,23)(H,26,27)/t13-,14-/m0/s1. The Morgan fingerprint density at radius 3 is 2.43 bits per heavy atom. The molecule has 0 unspecified atom stereocenters. The number of hydrogen-bond acceptors (Lipinski definition) is 8. The van der Waals surface area contributed by atoms with Gasteiger partial charge in [0.15, 0.2) is 0 Å². The summed E-state index contributed by atoms with van der Waals surface area (Å²) >= 11 is 0.832. The molecule has 30 heavy (non-hydrogen) atoms. The zero-order chi connectivity index (χ0) is 22.5. The van der Waals surface area contributed by atoms with Crippen molar-refractivity contribution < 1.29 is 33.8 Å². The summed E-state index contributed by atoms with van der Waals surface area (Å²) in [7, 11) is 0. The molecule has 0 aliphatic carbocycles. The summed E-state index contributed by atoms with van der Waals surface area (Å²) in [5, 5.41) is 13.3. The first-order chi connectivity index (χ1) is 14.2. The zero-order valence-corrected chi connectivity index (χ0v) is 17.3. The summed E-state index contributed by atoms with van der Waals surface area (Å²) < 4.78 is 4.73. The molecule has 1 aromatic rings. The molecule has 0 spiro atoms. The van der Waals surface area contributed by atoms with Crippen LogP contribution in [0.2, 0.25) is 0 Å². The molecule has 164 valence electrons. The van der Waals surface area contributed by atoms with Crippen molar-refractivity contribution in [1.29, 1.82) is 0 Å². The molecule has 11 heteroatoms. The number of nitrogens with two attached hydrogens (primary N) is 1. The van der Waals surface area contributed by atoms with Crippen LogP contribution < -0.4 is 16.4 Å². The molecule has 0 fully saturated rings. The lowest BCUT2D eigenvalue weighted by Crippen LogP contribution is -2.49. The van der Waals surface area contributed by atoms with E-state index < -0.39 is 35.8 Å². The average Bonchev–Trinajstić information content (AvgIpc) is 2.73. The van der Waals surface area contributed by atoms with Crippen LogP contribution in [0.25, 0.3) is 0 Å². The molecule has 0 saturated heterocycles. The Kier molecular flexibility index (Phi) is 11.2. The highest BCUT2D eigenvalue weighted by molar-refractivity contribution is 8.14. The predicted molar refractivity (Wildman–Crippen MR) is 110 cm³/mol. The summed E-state index contributed by atoms with van der Waals surface area (Å²) in [5.74, 6) is -3.24. The van der Waals surface area contributed by atoms with E-state index in [4.69, 9.17) is 15.6 Å². The number of amides is 2. The monoisotopic (exact) mass is 439 g/mol. The molecule has 0 bridgehead atoms. The third-order valence-electron chi connectivity index (χ3n) is 3.75. The second-order valence-corrected chi connectivity index (χ2v) is 7.08. The van der Waals surface area contributed by atoms with Crippen LogP contribution in [-0.2, 0) is 23.9 Å². The van der Waals surface area contributed by atoms with Crippen molar-refractivity contribution in [2.75, 3.05) is 18.9 Å². The summed E-state index contributed by atoms with van der Waals surface area (Å²) in [5.41, 5.74) is 5.81. The number of carboxylic acids is 1. The van der Waals surface area contributed by atoms with Gasteiger partial charge in [0, 0.05) is 17.7 Å². The van der Waals surface area contributed by atoms with E-state index in [9.17, 15) is 24.0 Å². The molecule has 1 rings (SSSR count). The summed E-state index contributed by atoms with van der Waals surface area (Å²) in [6.45, 7) is 1.39. The van der Waals surface area contributed by atoms with Crippen LogP contribution in [0.5, 0.6) is 0 Å². The first-order valence-electron chi connectivity index (χ1n) is 9.17. The van der Waals surface area contributed by atoms with E-state index in [1.807, 2.05) is 0 Å². The van der Waals surface area contributed by atoms with Crippen LogP contribution in [0.15, 0.2) is 30.3 Å². The van der Waals surface area contributed by atoms with Gasteiger partial charge in [0.2, 0.25) is 16.9 Å². The number of thioether (sulfide) groups is 1. The lowest BCUT2D eigenvalue weighted by molar-refractivity contribution is -0.143. The molecule has 10 nitrogen and oxygen atoms in total. The van der Waals surface area contributed by atoms with Crippen molar-refractivity contribution in [3.8, 4) is 0 Å². The first kappa shape index (κ1) is 25.1. The van der Waals surface area contributed by atoms with Crippen LogP contribution in [0.4, 0.5) is 0 Å². The fourth-order valence-corrected chi connectivity index (χ4v) is 3.03. The van der Waals surface area contributed by atoms with Gasteiger partial charge in [-0.2, -0.15) is 0 Å². The molecule has 0 aliphatic heterocycles. The Balaban J connectivity index is 2.70. The van der Waals surface area contributed by atoms with Crippen LogP contribution >= 0.6 is 11.8 Å². The Hall–Kier alpha value is -2.92. The van der Waals surface area contributed by atoms with Crippen molar-refractivity contribution in [1.82, 2.24) is 10.6 Å². The van der Waals surface area contributed by atoms with Gasteiger partial charge in [0.1, 0.15) is 18.6 Å². The quantitative estimate of drug-likeness (QED) is 0.326. The van der Waals surface area contributed by atoms with E-state index >= 15 is 0 Å². The fourth-order valence-electron chi connectivity index (χ4n) is 2.17. The molecule has 0 radical (unpaired) electrons. The maximum Gasteiger partial charge on any atom is 0.325 e. The van der Waals surface area contributed by atoms with Gasteiger partial charge in [-0.25, -0.2) is 0 Å². The van der Waals surface area contributed by atoms with Gasteiger partial charge in [-0.3, -0.25) is 24.0 Å². The SMILES string of the molecule is CCOC(=O)CNC(=O)[C@H](CSC(=O)c1ccccc1)NC(=O)CC[C@H](N)C(=O)O. The van der Waals surface area contributed by atoms with Crippen molar-refractivity contribution in [3.05, 3.63) is 35.9 Å². The number of carboxylic acid groups (broad SMARTS) is 1. The maximum absolute atomic E-state index is 12.4. The Morgan fingerprint density at radius 2 is 1.83 bits per heavy atom. The fraction of sp³-hybridized carbons (Fsp3) is 0.421. The summed E-state index contributed by atoms with van der Waals surface area (Å²) in [4.78, 5) is 59.0. The molecule has 1 aromatic carbocycles. The van der Waals surface area contributed by atoms with Gasteiger partial charge in [0.05, 0.1) is 6.61 Å². The molecule has 0 aliphatic rings. The number of carbonyl (C=O) groups excluding carboxylic acids is 4. The van der Waals surface area contributed by atoms with E-state index in [2.05, 4.69) is 10.6 Å². The average molecular weight is 439 g/mol. The Labute approximate surface area is 177 Å². The number of esters is 1. The number of nitrogens with one attached hydrogen (secondary N) is 2. The second-order valence-electron chi connectivity index (χ2n) is 6.09. The highest BCUT2D eigenvalue weighted by atomic mass is 32.2. The normalized spacial score (nSPS) is 12.3. The smallest absolute Gasteiger partial charge is 0.325 e. The molecule has 5 N–H and O–H groups in total. The molecular formula is C19H25N3O7S. The lowest BCUT2D eigenvalue weighted by Gasteiger charge is -2.18. The van der Waals surface area contributed by atoms with Crippen molar-refractivity contribution in [2.24, 2.45) is 5.73 Å². The van der Waals surface area contributed by atoms with Gasteiger partial charge < -0.3 is 26.2 Å². The van der Waals surface area contributed by atoms with Gasteiger partial charge >= 0.3 is 11.9 Å². The third kappa shape index (κ3) is 9.52. The van der Waals surface area contributed by atoms with E-state index in [0.29, 0.717) is 5.56 Å². The minimum Gasteiger partial charge on any atom is -0.480 e. The van der Waals surface area contributed by atoms with Gasteiger partial charge in [-0.15, -0.1) is 0 Å². The Morgan fingerprint density at radius 1 is 1.17 bits per heavy atom. The number of benzene rings is 1. The molecule has 2 amide bonds. The van der Waals surface area contributed by atoms with Crippen LogP contribution in [0.3, 0.4) is 0 Å². The minimum absolute atomic E-state index is 0.0842. The topological polar surface area (TPSA) is 165 Å². The zero-order valence-electron chi connectivity index (χ0n) is 16.5. The largest absolute Gasteiger partial charge is 0.480 e. The van der Waals surface area contributed by atoms with Gasteiger partial charge in [-0.05, 0) is 13.3 Å². The van der Waals surface area contributed by atoms with Crippen LogP contribution in [0.1, 0.15) is 30.1 Å². The predicted octanol–water partition coefficient (Wildman–Crippen LogP) is -0.0838. The van der Waals surface area contributed by atoms with Crippen LogP contribution in [-0.4, -0.2) is 65.0 Å². The highest BCUT2D eigenvalue weighted by Crippen LogP contribution is 2.13. The molecule has 0 saturated carbocycles. The lowest BCUT2D eigenvalue weighted by atomic mass is 10.1. The summed E-state index contributed by atoms with van der Waals surface area (Å²) in [6, 6.07) is 6.07. The van der Waals surface area contributed by atoms with E-state index in [0.717, 1.165) is 11.8 Å². The molecular weight excluding hydrogens is 414 g/mol. The van der Waals surface area contributed by atoms with Crippen molar-refractivity contribution in [2.45, 2.75) is 31.8 Å². The Bertz CT molecular complexity index is 758. The molecule has 2 atom stereocenters. The number of hydrogen-bond donors (Lipinski definition) is 4.